The zero-order valence-corrected chi connectivity index (χ0v) is 16.2. The fourth-order valence-corrected chi connectivity index (χ4v) is 4.95. The molecule has 1 aromatic carbocycles. The van der Waals surface area contributed by atoms with Crippen LogP contribution in [-0.4, -0.2) is 39.7 Å². The van der Waals surface area contributed by atoms with E-state index in [0.717, 1.165) is 16.0 Å². The minimum atomic E-state index is -1.51. The van der Waals surface area contributed by atoms with Crippen LogP contribution in [0.3, 0.4) is 0 Å². The molecule has 1 saturated heterocycles. The van der Waals surface area contributed by atoms with Crippen LogP contribution < -0.4 is 0 Å². The van der Waals surface area contributed by atoms with Crippen molar-refractivity contribution in [2.75, 3.05) is 0 Å². The fourth-order valence-electron chi connectivity index (χ4n) is 3.58. The van der Waals surface area contributed by atoms with E-state index in [0.29, 0.717) is 21.3 Å². The average Bonchev–Trinajstić information content (AvgIpc) is 3.16. The lowest BCUT2D eigenvalue weighted by Crippen LogP contribution is -2.62. The van der Waals surface area contributed by atoms with E-state index in [1.807, 2.05) is 18.2 Å². The largest absolute Gasteiger partial charge is 0.388 e. The van der Waals surface area contributed by atoms with Gasteiger partial charge in [0.05, 0.1) is 17.0 Å². The summed E-state index contributed by atoms with van der Waals surface area (Å²) in [5, 5.41) is 31.4. The number of fused-ring (bicyclic) bond motifs is 2. The van der Waals surface area contributed by atoms with Gasteiger partial charge in [0.2, 0.25) is 5.79 Å². The summed E-state index contributed by atoms with van der Waals surface area (Å²) < 4.78 is 12.4. The molecule has 0 bridgehead atoms. The summed E-state index contributed by atoms with van der Waals surface area (Å²) in [5.41, 5.74) is 2.26. The van der Waals surface area contributed by atoms with E-state index in [2.05, 4.69) is 0 Å². The van der Waals surface area contributed by atoms with Gasteiger partial charge in [0, 0.05) is 21.9 Å². The van der Waals surface area contributed by atoms with Crippen molar-refractivity contribution in [2.24, 2.45) is 0 Å². The molecule has 3 heterocycles. The zero-order valence-electron chi connectivity index (χ0n) is 13.9. The Morgan fingerprint density at radius 2 is 1.96 bits per heavy atom. The van der Waals surface area contributed by atoms with Gasteiger partial charge in [0.1, 0.15) is 18.3 Å². The van der Waals surface area contributed by atoms with Crippen molar-refractivity contribution in [3.05, 3.63) is 55.2 Å². The molecule has 1 spiro atoms. The number of aliphatic hydroxyl groups is 3. The lowest BCUT2D eigenvalue weighted by molar-refractivity contribution is -0.362. The van der Waals surface area contributed by atoms with Crippen LogP contribution in [0.15, 0.2) is 24.3 Å². The maximum absolute atomic E-state index is 10.6. The highest BCUT2D eigenvalue weighted by atomic mass is 35.5. The standard InChI is InChI=1S/C18H18Cl2O5S/c1-8-15(21)16(22)17(23)18(25-8)12-5-9(4-11-2-3-14(20)26-11)13(19)6-10(12)7-24-18/h2-3,5-6,8,15-17,21-23H,4,7H2,1H3/t8-,15-,16+,17-,18+/m1/s1. The first-order valence-corrected chi connectivity index (χ1v) is 9.81. The van der Waals surface area contributed by atoms with Crippen molar-refractivity contribution in [3.8, 4) is 0 Å². The zero-order chi connectivity index (χ0) is 18.6. The van der Waals surface area contributed by atoms with Crippen LogP contribution in [0, 0.1) is 0 Å². The number of thiophene rings is 1. The Labute approximate surface area is 164 Å². The third kappa shape index (κ3) is 2.89. The van der Waals surface area contributed by atoms with Crippen LogP contribution in [0.4, 0.5) is 0 Å². The molecule has 4 rings (SSSR count). The minimum absolute atomic E-state index is 0.201. The third-order valence-corrected chi connectivity index (χ3v) is 6.57. The summed E-state index contributed by atoms with van der Waals surface area (Å²) in [4.78, 5) is 1.05. The first-order chi connectivity index (χ1) is 12.3. The number of aliphatic hydroxyl groups excluding tert-OH is 3. The van der Waals surface area contributed by atoms with E-state index in [4.69, 9.17) is 32.7 Å². The van der Waals surface area contributed by atoms with Crippen LogP contribution in [0.1, 0.15) is 28.5 Å². The lowest BCUT2D eigenvalue weighted by Gasteiger charge is -2.45. The average molecular weight is 417 g/mol. The number of hydrogen-bond donors (Lipinski definition) is 3. The smallest absolute Gasteiger partial charge is 0.225 e. The van der Waals surface area contributed by atoms with E-state index in [9.17, 15) is 15.3 Å². The molecule has 0 amide bonds. The van der Waals surface area contributed by atoms with Crippen LogP contribution in [-0.2, 0) is 28.3 Å². The molecule has 0 radical (unpaired) electrons. The number of rotatable bonds is 2. The maximum Gasteiger partial charge on any atom is 0.225 e. The Balaban J connectivity index is 1.75. The SMILES string of the molecule is C[C@H]1O[C@]2(OCc3cc(Cl)c(Cc4ccc(Cl)s4)cc32)[C@H](O)[C@@H](O)[C@@H]1O. The van der Waals surface area contributed by atoms with Crippen LogP contribution in [0.2, 0.25) is 9.36 Å². The summed E-state index contributed by atoms with van der Waals surface area (Å²) in [6.45, 7) is 1.83. The first kappa shape index (κ1) is 18.7. The highest BCUT2D eigenvalue weighted by molar-refractivity contribution is 7.16. The number of ether oxygens (including phenoxy) is 2. The number of hydrogen-bond acceptors (Lipinski definition) is 6. The van der Waals surface area contributed by atoms with Gasteiger partial charge in [-0.15, -0.1) is 11.3 Å². The summed E-state index contributed by atoms with van der Waals surface area (Å²) in [6, 6.07) is 7.42. The molecule has 5 nitrogen and oxygen atoms in total. The fraction of sp³-hybridized carbons (Fsp3) is 0.444. The monoisotopic (exact) mass is 416 g/mol. The molecule has 8 heteroatoms. The topological polar surface area (TPSA) is 79.2 Å². The van der Waals surface area contributed by atoms with E-state index < -0.39 is 30.2 Å². The molecule has 26 heavy (non-hydrogen) atoms. The van der Waals surface area contributed by atoms with E-state index >= 15 is 0 Å². The van der Waals surface area contributed by atoms with Gasteiger partial charge in [-0.05, 0) is 42.3 Å². The summed E-state index contributed by atoms with van der Waals surface area (Å²) in [7, 11) is 0. The summed E-state index contributed by atoms with van der Waals surface area (Å²) in [6.07, 6.45) is -4.10. The lowest BCUT2D eigenvalue weighted by atomic mass is 9.87. The maximum atomic E-state index is 10.6. The molecule has 0 saturated carbocycles. The van der Waals surface area contributed by atoms with Crippen LogP contribution in [0.5, 0.6) is 0 Å². The van der Waals surface area contributed by atoms with Crippen molar-refractivity contribution in [2.45, 2.75) is 50.2 Å². The van der Waals surface area contributed by atoms with Gasteiger partial charge in [-0.1, -0.05) is 23.2 Å². The molecule has 0 unspecified atom stereocenters. The second-order valence-corrected chi connectivity index (χ2v) is 8.90. The van der Waals surface area contributed by atoms with Gasteiger partial charge in [-0.3, -0.25) is 0 Å². The molecule has 140 valence electrons. The van der Waals surface area contributed by atoms with Crippen LogP contribution in [0.25, 0.3) is 0 Å². The van der Waals surface area contributed by atoms with Gasteiger partial charge in [-0.25, -0.2) is 0 Å². The number of benzene rings is 1. The van der Waals surface area contributed by atoms with Gasteiger partial charge < -0.3 is 24.8 Å². The Bertz CT molecular complexity index is 841. The summed E-state index contributed by atoms with van der Waals surface area (Å²) >= 11 is 13.9. The summed E-state index contributed by atoms with van der Waals surface area (Å²) in [5.74, 6) is -1.51. The molecule has 2 aliphatic rings. The second kappa shape index (κ2) is 6.72. The molecule has 3 N–H and O–H groups in total. The third-order valence-electron chi connectivity index (χ3n) is 4.99. The molecule has 2 aromatic rings. The Kier molecular flexibility index (Phi) is 4.82. The van der Waals surface area contributed by atoms with Gasteiger partial charge in [0.25, 0.3) is 0 Å². The van der Waals surface area contributed by atoms with E-state index in [-0.39, 0.29) is 6.61 Å². The van der Waals surface area contributed by atoms with E-state index in [1.165, 1.54) is 11.3 Å². The van der Waals surface area contributed by atoms with Gasteiger partial charge in [-0.2, -0.15) is 0 Å². The highest BCUT2D eigenvalue weighted by Gasteiger charge is 2.57. The molecule has 1 fully saturated rings. The predicted octanol–water partition coefficient (Wildman–Crippen LogP) is 2.83. The molecule has 2 aliphatic heterocycles. The normalized spacial score (nSPS) is 33.6. The van der Waals surface area contributed by atoms with Gasteiger partial charge in [0.15, 0.2) is 0 Å². The quantitative estimate of drug-likeness (QED) is 0.701. The molecule has 5 atom stereocenters. The second-order valence-electron chi connectivity index (χ2n) is 6.69. The van der Waals surface area contributed by atoms with Crippen molar-refractivity contribution >= 4 is 34.5 Å². The molecule has 1 aromatic heterocycles. The van der Waals surface area contributed by atoms with Crippen molar-refractivity contribution in [1.82, 2.24) is 0 Å². The molecule has 0 aliphatic carbocycles. The Morgan fingerprint density at radius 1 is 1.19 bits per heavy atom. The highest BCUT2D eigenvalue weighted by Crippen LogP contribution is 2.47. The van der Waals surface area contributed by atoms with Gasteiger partial charge >= 0.3 is 0 Å². The van der Waals surface area contributed by atoms with Crippen molar-refractivity contribution < 1.29 is 24.8 Å². The van der Waals surface area contributed by atoms with E-state index in [1.54, 1.807) is 13.0 Å². The first-order valence-electron chi connectivity index (χ1n) is 8.24. The molecular weight excluding hydrogens is 399 g/mol. The molecular formula is C18H18Cl2O5S. The van der Waals surface area contributed by atoms with Crippen molar-refractivity contribution in [3.63, 3.8) is 0 Å². The Morgan fingerprint density at radius 3 is 2.65 bits per heavy atom. The predicted molar refractivity (Wildman–Crippen MR) is 98.6 cm³/mol. The van der Waals surface area contributed by atoms with Crippen LogP contribution >= 0.6 is 34.5 Å². The Hall–Kier alpha value is -0.700. The minimum Gasteiger partial charge on any atom is -0.388 e. The number of halogens is 2. The van der Waals surface area contributed by atoms with Crippen molar-refractivity contribution in [1.29, 1.82) is 0 Å².